The van der Waals surface area contributed by atoms with Crippen molar-refractivity contribution in [2.45, 2.75) is 57.4 Å². The fraction of sp³-hybridized carbons (Fsp3) is 0.529. The van der Waals surface area contributed by atoms with E-state index in [-0.39, 0.29) is 17.1 Å². The van der Waals surface area contributed by atoms with E-state index in [0.29, 0.717) is 0 Å². The number of aromatic nitrogens is 2. The van der Waals surface area contributed by atoms with Gasteiger partial charge in [-0.15, -0.1) is 11.3 Å². The van der Waals surface area contributed by atoms with Crippen LogP contribution >= 0.6 is 23.1 Å². The van der Waals surface area contributed by atoms with Crippen LogP contribution in [0.5, 0.6) is 0 Å². The standard InChI is InChI=1S/C17H22N4OS2/c1-9(2)17(6,7-18)21-14(22)12(5)24-16-13-10(3)11(4)23-15(13)19-8-20-16/h8-9,12H,1-6H3,(H,21,22). The van der Waals surface area contributed by atoms with E-state index in [4.69, 9.17) is 0 Å². The first kappa shape index (κ1) is 18.7. The van der Waals surface area contributed by atoms with Crippen LogP contribution in [0.2, 0.25) is 0 Å². The minimum absolute atomic E-state index is 0.0242. The van der Waals surface area contributed by atoms with Crippen LogP contribution in [0.1, 0.15) is 38.1 Å². The van der Waals surface area contributed by atoms with E-state index < -0.39 is 5.54 Å². The van der Waals surface area contributed by atoms with Crippen LogP contribution in [0.4, 0.5) is 0 Å². The summed E-state index contributed by atoms with van der Waals surface area (Å²) in [6.07, 6.45) is 1.54. The van der Waals surface area contributed by atoms with Gasteiger partial charge in [-0.2, -0.15) is 5.26 Å². The third kappa shape index (κ3) is 3.55. The van der Waals surface area contributed by atoms with Gasteiger partial charge < -0.3 is 5.32 Å². The smallest absolute Gasteiger partial charge is 0.234 e. The second-order valence-electron chi connectivity index (χ2n) is 6.36. The van der Waals surface area contributed by atoms with Gasteiger partial charge in [-0.25, -0.2) is 9.97 Å². The Bertz CT molecular complexity index is 809. The van der Waals surface area contributed by atoms with Gasteiger partial charge in [0.1, 0.15) is 21.7 Å². The molecule has 0 aliphatic carbocycles. The number of carbonyl (C=O) groups is 1. The molecule has 0 bridgehead atoms. The summed E-state index contributed by atoms with van der Waals surface area (Å²) >= 11 is 3.04. The first-order chi connectivity index (χ1) is 11.2. The highest BCUT2D eigenvalue weighted by molar-refractivity contribution is 8.00. The monoisotopic (exact) mass is 362 g/mol. The molecule has 1 amide bonds. The molecule has 2 heterocycles. The van der Waals surface area contributed by atoms with Crippen molar-refractivity contribution in [1.29, 1.82) is 5.26 Å². The highest BCUT2D eigenvalue weighted by atomic mass is 32.2. The van der Waals surface area contributed by atoms with Gasteiger partial charge in [0.05, 0.1) is 11.3 Å². The lowest BCUT2D eigenvalue weighted by Crippen LogP contribution is -2.51. The topological polar surface area (TPSA) is 78.7 Å². The molecule has 0 aromatic carbocycles. The molecule has 2 atom stereocenters. The van der Waals surface area contributed by atoms with Gasteiger partial charge in [0.2, 0.25) is 5.91 Å². The molecule has 1 N–H and O–H groups in total. The van der Waals surface area contributed by atoms with E-state index in [9.17, 15) is 10.1 Å². The number of nitrogens with one attached hydrogen (secondary N) is 1. The number of fused-ring (bicyclic) bond motifs is 1. The molecule has 2 aromatic heterocycles. The van der Waals surface area contributed by atoms with Crippen molar-refractivity contribution in [3.8, 4) is 6.07 Å². The number of thioether (sulfide) groups is 1. The van der Waals surface area contributed by atoms with Gasteiger partial charge in [-0.3, -0.25) is 4.79 Å². The van der Waals surface area contributed by atoms with Crippen molar-refractivity contribution >= 4 is 39.2 Å². The summed E-state index contributed by atoms with van der Waals surface area (Å²) < 4.78 is 0. The molecule has 0 saturated carbocycles. The fourth-order valence-corrected chi connectivity index (χ4v) is 4.16. The van der Waals surface area contributed by atoms with Crippen molar-refractivity contribution < 1.29 is 4.79 Å². The predicted octanol–water partition coefficient (Wildman–Crippen LogP) is 3.84. The average Bonchev–Trinajstić information content (AvgIpc) is 2.82. The van der Waals surface area contributed by atoms with Gasteiger partial charge in [-0.1, -0.05) is 25.6 Å². The number of nitriles is 1. The van der Waals surface area contributed by atoms with Crippen LogP contribution in [0.25, 0.3) is 10.2 Å². The van der Waals surface area contributed by atoms with Gasteiger partial charge in [0.15, 0.2) is 0 Å². The van der Waals surface area contributed by atoms with Crippen LogP contribution in [-0.2, 0) is 4.79 Å². The first-order valence-electron chi connectivity index (χ1n) is 7.80. The summed E-state index contributed by atoms with van der Waals surface area (Å²) in [6, 6.07) is 2.20. The van der Waals surface area contributed by atoms with E-state index in [2.05, 4.69) is 35.2 Å². The molecule has 0 aliphatic rings. The molecule has 24 heavy (non-hydrogen) atoms. The van der Waals surface area contributed by atoms with E-state index >= 15 is 0 Å². The van der Waals surface area contributed by atoms with Gasteiger partial charge in [0.25, 0.3) is 0 Å². The van der Waals surface area contributed by atoms with Gasteiger partial charge in [0, 0.05) is 10.3 Å². The minimum Gasteiger partial charge on any atom is -0.337 e. The zero-order valence-electron chi connectivity index (χ0n) is 14.8. The fourth-order valence-electron chi connectivity index (χ4n) is 2.12. The predicted molar refractivity (Wildman–Crippen MR) is 99.2 cm³/mol. The molecule has 7 heteroatoms. The molecule has 0 saturated heterocycles. The Labute approximate surface area is 150 Å². The number of rotatable bonds is 5. The summed E-state index contributed by atoms with van der Waals surface area (Å²) in [4.78, 5) is 23.4. The maximum atomic E-state index is 12.5. The minimum atomic E-state index is -0.873. The Morgan fingerprint density at radius 1 is 1.38 bits per heavy atom. The summed E-state index contributed by atoms with van der Waals surface area (Å²) in [5.74, 6) is -0.134. The third-order valence-corrected chi connectivity index (χ3v) is 6.57. The molecular formula is C17H22N4OS2. The second-order valence-corrected chi connectivity index (χ2v) is 8.89. The lowest BCUT2D eigenvalue weighted by molar-refractivity contribution is -0.121. The van der Waals surface area contributed by atoms with Gasteiger partial charge in [-0.05, 0) is 39.2 Å². The SMILES string of the molecule is Cc1sc2ncnc(SC(C)C(=O)NC(C)(C#N)C(C)C)c2c1C. The maximum Gasteiger partial charge on any atom is 0.234 e. The number of thiophene rings is 1. The van der Waals surface area contributed by atoms with Crippen LogP contribution < -0.4 is 5.32 Å². The average molecular weight is 363 g/mol. The van der Waals surface area contributed by atoms with E-state index in [1.54, 1.807) is 18.3 Å². The van der Waals surface area contributed by atoms with Crippen molar-refractivity contribution in [1.82, 2.24) is 15.3 Å². The molecule has 2 unspecified atom stereocenters. The number of hydrogen-bond acceptors (Lipinski definition) is 6. The zero-order valence-corrected chi connectivity index (χ0v) is 16.4. The van der Waals surface area contributed by atoms with Crippen LogP contribution in [0.15, 0.2) is 11.4 Å². The largest absolute Gasteiger partial charge is 0.337 e. The molecule has 0 radical (unpaired) electrons. The van der Waals surface area contributed by atoms with E-state index in [1.807, 2.05) is 20.8 Å². The lowest BCUT2D eigenvalue weighted by atomic mass is 9.90. The second kappa shape index (κ2) is 7.08. The molecule has 2 aromatic rings. The normalized spacial score (nSPS) is 15.1. The summed E-state index contributed by atoms with van der Waals surface area (Å²) in [5, 5.41) is 13.7. The Morgan fingerprint density at radius 3 is 2.62 bits per heavy atom. The molecule has 0 aliphatic heterocycles. The Kier molecular flexibility index (Phi) is 5.51. The van der Waals surface area contributed by atoms with E-state index in [1.165, 1.54) is 23.0 Å². The quantitative estimate of drug-likeness (QED) is 0.646. The Hall–Kier alpha value is -1.65. The molecule has 0 fully saturated rings. The first-order valence-corrected chi connectivity index (χ1v) is 9.49. The summed E-state index contributed by atoms with van der Waals surface area (Å²) in [5.41, 5.74) is 0.289. The Morgan fingerprint density at radius 2 is 2.04 bits per heavy atom. The molecule has 0 spiro atoms. The summed E-state index contributed by atoms with van der Waals surface area (Å²) in [7, 11) is 0. The lowest BCUT2D eigenvalue weighted by Gasteiger charge is -2.28. The van der Waals surface area contributed by atoms with Crippen molar-refractivity contribution in [3.05, 3.63) is 16.8 Å². The number of aryl methyl sites for hydroxylation is 2. The highest BCUT2D eigenvalue weighted by Gasteiger charge is 2.32. The molecular weight excluding hydrogens is 340 g/mol. The van der Waals surface area contributed by atoms with Crippen molar-refractivity contribution in [3.63, 3.8) is 0 Å². The van der Waals surface area contributed by atoms with Crippen LogP contribution in [0.3, 0.4) is 0 Å². The van der Waals surface area contributed by atoms with E-state index in [0.717, 1.165) is 20.8 Å². The number of amides is 1. The van der Waals surface area contributed by atoms with Crippen LogP contribution in [0, 0.1) is 31.1 Å². The van der Waals surface area contributed by atoms with Gasteiger partial charge >= 0.3 is 0 Å². The van der Waals surface area contributed by atoms with Crippen molar-refractivity contribution in [2.75, 3.05) is 0 Å². The molecule has 2 rings (SSSR count). The summed E-state index contributed by atoms with van der Waals surface area (Å²) in [6.45, 7) is 11.5. The molecule has 5 nitrogen and oxygen atoms in total. The number of nitrogens with zero attached hydrogens (tertiary/aromatic N) is 3. The number of carbonyl (C=O) groups excluding carboxylic acids is 1. The number of hydrogen-bond donors (Lipinski definition) is 1. The van der Waals surface area contributed by atoms with Crippen molar-refractivity contribution in [2.24, 2.45) is 5.92 Å². The third-order valence-electron chi connectivity index (χ3n) is 4.36. The Balaban J connectivity index is 2.23. The molecule has 128 valence electrons. The van der Waals surface area contributed by atoms with Crippen LogP contribution in [-0.4, -0.2) is 26.7 Å². The zero-order chi connectivity index (χ0) is 18.1. The maximum absolute atomic E-state index is 12.5. The highest BCUT2D eigenvalue weighted by Crippen LogP contribution is 2.36.